The molecule has 1 aromatic rings. The Labute approximate surface area is 107 Å². The molecule has 1 aliphatic rings. The zero-order valence-electron chi connectivity index (χ0n) is 10.1. The van der Waals surface area contributed by atoms with Crippen LogP contribution in [-0.2, 0) is 5.54 Å². The van der Waals surface area contributed by atoms with E-state index in [0.717, 1.165) is 17.9 Å². The fourth-order valence-electron chi connectivity index (χ4n) is 2.57. The van der Waals surface area contributed by atoms with Gasteiger partial charge in [-0.3, -0.25) is 0 Å². The molecule has 0 bridgehead atoms. The van der Waals surface area contributed by atoms with Gasteiger partial charge < -0.3 is 5.73 Å². The molecule has 0 saturated heterocycles. The molecular weight excluding hydrogens is 238 g/mol. The molecule has 90 valence electrons. The zero-order valence-corrected chi connectivity index (χ0v) is 11.6. The van der Waals surface area contributed by atoms with E-state index >= 15 is 0 Å². The van der Waals surface area contributed by atoms with E-state index in [0.29, 0.717) is 5.41 Å². The van der Waals surface area contributed by atoms with Gasteiger partial charge in [-0.25, -0.2) is 0 Å². The largest absolute Gasteiger partial charge is 0.321 e. The highest BCUT2D eigenvalue weighted by molar-refractivity contribution is 7.10. The lowest BCUT2D eigenvalue weighted by Gasteiger charge is -2.28. The van der Waals surface area contributed by atoms with Crippen LogP contribution in [0.1, 0.15) is 50.8 Å². The van der Waals surface area contributed by atoms with Gasteiger partial charge in [0.25, 0.3) is 0 Å². The second kappa shape index (κ2) is 4.32. The number of hydrogen-bond donors (Lipinski definition) is 1. The minimum atomic E-state index is -0.182. The van der Waals surface area contributed by atoms with Crippen LogP contribution in [0.15, 0.2) is 11.4 Å². The third-order valence-corrected chi connectivity index (χ3v) is 5.36. The standard InChI is InChI=1S/C13H20ClNS/c1-12(2)5-3-6-13(15,8-7-12)11-10(14)4-9-16-11/h4,9H,3,5-8,15H2,1-2H3. The summed E-state index contributed by atoms with van der Waals surface area (Å²) in [4.78, 5) is 1.19. The first-order chi connectivity index (χ1) is 7.43. The topological polar surface area (TPSA) is 26.0 Å². The van der Waals surface area contributed by atoms with Gasteiger partial charge in [-0.2, -0.15) is 0 Å². The minimum Gasteiger partial charge on any atom is -0.321 e. The predicted molar refractivity (Wildman–Crippen MR) is 72.1 cm³/mol. The fraction of sp³-hybridized carbons (Fsp3) is 0.692. The molecule has 0 radical (unpaired) electrons. The first kappa shape index (κ1) is 12.4. The molecule has 0 aromatic carbocycles. The molecule has 1 fully saturated rings. The summed E-state index contributed by atoms with van der Waals surface area (Å²) in [6, 6.07) is 1.96. The molecule has 0 spiro atoms. The van der Waals surface area contributed by atoms with Crippen molar-refractivity contribution < 1.29 is 0 Å². The summed E-state index contributed by atoms with van der Waals surface area (Å²) < 4.78 is 0. The second-order valence-electron chi connectivity index (χ2n) is 5.77. The molecule has 1 unspecified atom stereocenters. The average Bonchev–Trinajstić information content (AvgIpc) is 2.56. The normalized spacial score (nSPS) is 30.0. The lowest BCUT2D eigenvalue weighted by Crippen LogP contribution is -2.35. The fourth-order valence-corrected chi connectivity index (χ4v) is 3.99. The minimum absolute atomic E-state index is 0.182. The molecule has 2 rings (SSSR count). The van der Waals surface area contributed by atoms with E-state index in [1.54, 1.807) is 11.3 Å². The average molecular weight is 258 g/mol. The van der Waals surface area contributed by atoms with Crippen molar-refractivity contribution in [3.05, 3.63) is 21.3 Å². The molecule has 16 heavy (non-hydrogen) atoms. The zero-order chi connectivity index (χ0) is 11.8. The Morgan fingerprint density at radius 2 is 2.00 bits per heavy atom. The van der Waals surface area contributed by atoms with Gasteiger partial charge in [0.15, 0.2) is 0 Å². The Bertz CT molecular complexity index is 372. The van der Waals surface area contributed by atoms with Gasteiger partial charge in [0.05, 0.1) is 10.6 Å². The first-order valence-corrected chi connectivity index (χ1v) is 7.21. The van der Waals surface area contributed by atoms with Crippen molar-refractivity contribution in [3.63, 3.8) is 0 Å². The molecule has 2 N–H and O–H groups in total. The van der Waals surface area contributed by atoms with Crippen LogP contribution in [0.4, 0.5) is 0 Å². The van der Waals surface area contributed by atoms with Gasteiger partial charge in [0.1, 0.15) is 0 Å². The van der Waals surface area contributed by atoms with Crippen molar-refractivity contribution in [1.82, 2.24) is 0 Å². The van der Waals surface area contributed by atoms with Gasteiger partial charge in [-0.1, -0.05) is 31.9 Å². The van der Waals surface area contributed by atoms with Crippen LogP contribution >= 0.6 is 22.9 Å². The van der Waals surface area contributed by atoms with Crippen molar-refractivity contribution in [1.29, 1.82) is 0 Å². The van der Waals surface area contributed by atoms with Crippen molar-refractivity contribution >= 4 is 22.9 Å². The number of nitrogens with two attached hydrogens (primary N) is 1. The molecule has 1 heterocycles. The Morgan fingerprint density at radius 3 is 2.62 bits per heavy atom. The van der Waals surface area contributed by atoms with E-state index in [1.165, 1.54) is 24.1 Å². The van der Waals surface area contributed by atoms with Crippen molar-refractivity contribution in [2.75, 3.05) is 0 Å². The predicted octanol–water partition coefficient (Wildman–Crippen LogP) is 4.55. The summed E-state index contributed by atoms with van der Waals surface area (Å²) in [5.41, 5.74) is 6.83. The van der Waals surface area contributed by atoms with E-state index < -0.39 is 0 Å². The van der Waals surface area contributed by atoms with Crippen molar-refractivity contribution in [2.24, 2.45) is 11.1 Å². The molecule has 1 aromatic heterocycles. The maximum atomic E-state index is 6.57. The third-order valence-electron chi connectivity index (χ3n) is 3.79. The van der Waals surface area contributed by atoms with Crippen LogP contribution < -0.4 is 5.73 Å². The molecule has 0 aliphatic heterocycles. The highest BCUT2D eigenvalue weighted by atomic mass is 35.5. The summed E-state index contributed by atoms with van der Waals surface area (Å²) in [5.74, 6) is 0. The summed E-state index contributed by atoms with van der Waals surface area (Å²) in [6.07, 6.45) is 5.79. The summed E-state index contributed by atoms with van der Waals surface area (Å²) in [5, 5.41) is 2.90. The molecule has 1 atom stereocenters. The molecular formula is C13H20ClNS. The lowest BCUT2D eigenvalue weighted by atomic mass is 9.83. The van der Waals surface area contributed by atoms with Crippen molar-refractivity contribution in [3.8, 4) is 0 Å². The Kier molecular flexibility index (Phi) is 3.35. The van der Waals surface area contributed by atoms with Crippen LogP contribution in [0.2, 0.25) is 5.02 Å². The highest BCUT2D eigenvalue weighted by Gasteiger charge is 2.35. The molecule has 1 saturated carbocycles. The van der Waals surface area contributed by atoms with Crippen LogP contribution in [0.3, 0.4) is 0 Å². The van der Waals surface area contributed by atoms with Gasteiger partial charge in [0, 0.05) is 4.88 Å². The van der Waals surface area contributed by atoms with E-state index in [-0.39, 0.29) is 5.54 Å². The number of thiophene rings is 1. The van der Waals surface area contributed by atoms with Gasteiger partial charge in [-0.15, -0.1) is 11.3 Å². The van der Waals surface area contributed by atoms with Gasteiger partial charge in [-0.05, 0) is 42.5 Å². The Balaban J connectivity index is 2.23. The first-order valence-electron chi connectivity index (χ1n) is 5.95. The smallest absolute Gasteiger partial charge is 0.0564 e. The van der Waals surface area contributed by atoms with Crippen LogP contribution in [-0.4, -0.2) is 0 Å². The lowest BCUT2D eigenvalue weighted by molar-refractivity contribution is 0.300. The summed E-state index contributed by atoms with van der Waals surface area (Å²) >= 11 is 7.92. The highest BCUT2D eigenvalue weighted by Crippen LogP contribution is 2.44. The number of halogens is 1. The third kappa shape index (κ3) is 2.44. The van der Waals surface area contributed by atoms with E-state index in [9.17, 15) is 0 Å². The SMILES string of the molecule is CC1(C)CCCC(N)(c2sccc2Cl)CC1. The Hall–Kier alpha value is -0.0500. The van der Waals surface area contributed by atoms with E-state index in [4.69, 9.17) is 17.3 Å². The maximum absolute atomic E-state index is 6.57. The quantitative estimate of drug-likeness (QED) is 0.734. The number of rotatable bonds is 1. The van der Waals surface area contributed by atoms with Gasteiger partial charge in [0.2, 0.25) is 0 Å². The number of hydrogen-bond acceptors (Lipinski definition) is 2. The monoisotopic (exact) mass is 257 g/mol. The van der Waals surface area contributed by atoms with Crippen LogP contribution in [0, 0.1) is 5.41 Å². The summed E-state index contributed by atoms with van der Waals surface area (Å²) in [6.45, 7) is 4.68. The molecule has 3 heteroatoms. The summed E-state index contributed by atoms with van der Waals surface area (Å²) in [7, 11) is 0. The van der Waals surface area contributed by atoms with Crippen LogP contribution in [0.5, 0.6) is 0 Å². The van der Waals surface area contributed by atoms with E-state index in [1.807, 2.05) is 11.4 Å². The van der Waals surface area contributed by atoms with E-state index in [2.05, 4.69) is 13.8 Å². The van der Waals surface area contributed by atoms with Gasteiger partial charge >= 0.3 is 0 Å². The molecule has 1 nitrogen and oxygen atoms in total. The Morgan fingerprint density at radius 1 is 1.25 bits per heavy atom. The second-order valence-corrected chi connectivity index (χ2v) is 7.09. The maximum Gasteiger partial charge on any atom is 0.0564 e. The van der Waals surface area contributed by atoms with Crippen LogP contribution in [0.25, 0.3) is 0 Å². The van der Waals surface area contributed by atoms with Crippen molar-refractivity contribution in [2.45, 2.75) is 51.5 Å². The molecule has 1 aliphatic carbocycles. The molecule has 0 amide bonds.